The molecular weight excluding hydrogens is 354 g/mol. The molecular formula is C23H50ClN3. The van der Waals surface area contributed by atoms with Gasteiger partial charge in [-0.1, -0.05) is 104 Å². The van der Waals surface area contributed by atoms with Gasteiger partial charge in [-0.05, 0) is 19.3 Å². The predicted octanol–water partition coefficient (Wildman–Crippen LogP) is 3.21. The molecule has 0 aliphatic rings. The van der Waals surface area contributed by atoms with E-state index in [1.54, 1.807) is 0 Å². The fourth-order valence-electron chi connectivity index (χ4n) is 3.35. The maximum atomic E-state index is 6.27. The molecule has 4 heteroatoms. The van der Waals surface area contributed by atoms with E-state index >= 15 is 0 Å². The SMILES string of the molecule is CCCCCCCCCCCCCC[N+](CCCC)=C(N)NCCCC.[Cl-]. The molecule has 0 saturated carbocycles. The van der Waals surface area contributed by atoms with Crippen LogP contribution in [0.2, 0.25) is 0 Å². The molecule has 3 N–H and O–H groups in total. The van der Waals surface area contributed by atoms with Crippen molar-refractivity contribution in [1.29, 1.82) is 0 Å². The number of hydrogen-bond acceptors (Lipinski definition) is 0. The first-order valence-corrected chi connectivity index (χ1v) is 11.9. The Kier molecular flexibility index (Phi) is 25.1. The second-order valence-corrected chi connectivity index (χ2v) is 7.90. The normalized spacial score (nSPS) is 11.8. The van der Waals surface area contributed by atoms with Gasteiger partial charge in [-0.15, -0.1) is 0 Å². The van der Waals surface area contributed by atoms with Gasteiger partial charge in [0.1, 0.15) is 0 Å². The van der Waals surface area contributed by atoms with Crippen LogP contribution >= 0.6 is 0 Å². The molecule has 0 radical (unpaired) electrons. The Bertz CT molecular complexity index is 319. The van der Waals surface area contributed by atoms with Crippen molar-refractivity contribution in [3.63, 3.8) is 0 Å². The lowest BCUT2D eigenvalue weighted by Gasteiger charge is -2.11. The Morgan fingerprint density at radius 1 is 0.593 bits per heavy atom. The van der Waals surface area contributed by atoms with Crippen LogP contribution in [0.15, 0.2) is 0 Å². The molecule has 0 bridgehead atoms. The predicted molar refractivity (Wildman–Crippen MR) is 118 cm³/mol. The maximum absolute atomic E-state index is 6.27. The first-order valence-electron chi connectivity index (χ1n) is 11.9. The Morgan fingerprint density at radius 2 is 1.00 bits per heavy atom. The zero-order valence-corrected chi connectivity index (χ0v) is 19.6. The third kappa shape index (κ3) is 20.1. The fraction of sp³-hybridized carbons (Fsp3) is 0.957. The average Bonchev–Trinajstić information content (AvgIpc) is 2.65. The average molecular weight is 404 g/mol. The van der Waals surface area contributed by atoms with Gasteiger partial charge < -0.3 is 12.4 Å². The molecule has 3 nitrogen and oxygen atoms in total. The van der Waals surface area contributed by atoms with Gasteiger partial charge in [0.15, 0.2) is 0 Å². The minimum absolute atomic E-state index is 0. The molecule has 164 valence electrons. The summed E-state index contributed by atoms with van der Waals surface area (Å²) in [4.78, 5) is 0. The molecule has 0 fully saturated rings. The summed E-state index contributed by atoms with van der Waals surface area (Å²) in [6, 6.07) is 0. The van der Waals surface area contributed by atoms with Crippen molar-refractivity contribution in [3.8, 4) is 0 Å². The monoisotopic (exact) mass is 403 g/mol. The zero-order valence-electron chi connectivity index (χ0n) is 18.8. The Labute approximate surface area is 177 Å². The summed E-state index contributed by atoms with van der Waals surface area (Å²) in [7, 11) is 0. The lowest BCUT2D eigenvalue weighted by molar-refractivity contribution is -0.531. The third-order valence-electron chi connectivity index (χ3n) is 5.24. The molecule has 0 aliphatic heterocycles. The zero-order chi connectivity index (χ0) is 19.3. The van der Waals surface area contributed by atoms with Gasteiger partial charge in [0.2, 0.25) is 0 Å². The van der Waals surface area contributed by atoms with Gasteiger partial charge in [-0.2, -0.15) is 0 Å². The largest absolute Gasteiger partial charge is 1.00 e. The van der Waals surface area contributed by atoms with Crippen molar-refractivity contribution in [2.75, 3.05) is 19.6 Å². The fourth-order valence-corrected chi connectivity index (χ4v) is 3.35. The third-order valence-corrected chi connectivity index (χ3v) is 5.24. The number of unbranched alkanes of at least 4 members (excludes halogenated alkanes) is 13. The van der Waals surface area contributed by atoms with Crippen LogP contribution < -0.4 is 23.5 Å². The van der Waals surface area contributed by atoms with Crippen LogP contribution in [0.1, 0.15) is 124 Å². The summed E-state index contributed by atoms with van der Waals surface area (Å²) in [6.07, 6.45) is 21.7. The van der Waals surface area contributed by atoms with E-state index in [2.05, 4.69) is 30.7 Å². The number of nitrogens with two attached hydrogens (primary N) is 1. The van der Waals surface area contributed by atoms with Crippen molar-refractivity contribution in [3.05, 3.63) is 0 Å². The minimum Gasteiger partial charge on any atom is -1.00 e. The van der Waals surface area contributed by atoms with Crippen LogP contribution in [0.4, 0.5) is 0 Å². The van der Waals surface area contributed by atoms with E-state index in [-0.39, 0.29) is 12.4 Å². The van der Waals surface area contributed by atoms with Crippen molar-refractivity contribution in [2.45, 2.75) is 124 Å². The summed E-state index contributed by atoms with van der Waals surface area (Å²) in [5.41, 5.74) is 6.27. The van der Waals surface area contributed by atoms with Crippen LogP contribution in [0, 0.1) is 0 Å². The van der Waals surface area contributed by atoms with E-state index in [1.807, 2.05) is 0 Å². The number of nitrogens with one attached hydrogen (secondary N) is 1. The number of hydrogen-bond donors (Lipinski definition) is 2. The molecule has 0 spiro atoms. The summed E-state index contributed by atoms with van der Waals surface area (Å²) >= 11 is 0. The molecule has 0 unspecified atom stereocenters. The Balaban J connectivity index is 0. The van der Waals surface area contributed by atoms with Crippen molar-refractivity contribution < 1.29 is 17.0 Å². The van der Waals surface area contributed by atoms with Crippen LogP contribution in [0.3, 0.4) is 0 Å². The van der Waals surface area contributed by atoms with E-state index in [0.717, 1.165) is 25.6 Å². The highest BCUT2D eigenvalue weighted by atomic mass is 35.5. The van der Waals surface area contributed by atoms with Crippen LogP contribution in [-0.4, -0.2) is 30.2 Å². The van der Waals surface area contributed by atoms with Crippen molar-refractivity contribution in [1.82, 2.24) is 5.32 Å². The smallest absolute Gasteiger partial charge is 0.343 e. The second kappa shape index (κ2) is 23.6. The first kappa shape index (κ1) is 28.8. The summed E-state index contributed by atoms with van der Waals surface area (Å²) in [5.74, 6) is 0.898. The number of nitrogens with zero attached hydrogens (tertiary/aromatic N) is 1. The highest BCUT2D eigenvalue weighted by molar-refractivity contribution is 5.72. The molecule has 0 amide bonds. The quantitative estimate of drug-likeness (QED) is 0.150. The lowest BCUT2D eigenvalue weighted by Crippen LogP contribution is -3.00. The number of rotatable bonds is 19. The lowest BCUT2D eigenvalue weighted by atomic mass is 10.1. The highest BCUT2D eigenvalue weighted by Crippen LogP contribution is 2.11. The van der Waals surface area contributed by atoms with Gasteiger partial charge in [-0.25, -0.2) is 0 Å². The van der Waals surface area contributed by atoms with E-state index < -0.39 is 0 Å². The molecule has 0 saturated heterocycles. The van der Waals surface area contributed by atoms with E-state index in [9.17, 15) is 0 Å². The maximum Gasteiger partial charge on any atom is 0.343 e. The molecule has 0 heterocycles. The molecule has 0 aromatic heterocycles. The standard InChI is InChI=1S/C23H49N3.ClH/c1-4-7-10-11-12-13-14-15-16-17-18-19-22-26(21-9-6-3)23(24)25-20-8-5-2;/h4-22H2,1-3H3,(H2,24,25);1H. The summed E-state index contributed by atoms with van der Waals surface area (Å²) in [6.45, 7) is 9.98. The van der Waals surface area contributed by atoms with Crippen molar-refractivity contribution >= 4 is 5.96 Å². The molecule has 0 aromatic rings. The van der Waals surface area contributed by atoms with Gasteiger partial charge >= 0.3 is 5.96 Å². The highest BCUT2D eigenvalue weighted by Gasteiger charge is 2.07. The summed E-state index contributed by atoms with van der Waals surface area (Å²) in [5, 5.41) is 3.41. The van der Waals surface area contributed by atoms with Crippen LogP contribution in [0.5, 0.6) is 0 Å². The van der Waals surface area contributed by atoms with Gasteiger partial charge in [0, 0.05) is 0 Å². The van der Waals surface area contributed by atoms with E-state index in [4.69, 9.17) is 5.73 Å². The number of guanidine groups is 1. The Morgan fingerprint density at radius 3 is 1.48 bits per heavy atom. The van der Waals surface area contributed by atoms with Crippen molar-refractivity contribution in [2.24, 2.45) is 5.73 Å². The molecule has 0 atom stereocenters. The second-order valence-electron chi connectivity index (χ2n) is 7.90. The first-order chi connectivity index (χ1) is 12.8. The van der Waals surface area contributed by atoms with Gasteiger partial charge in [0.25, 0.3) is 0 Å². The van der Waals surface area contributed by atoms with Gasteiger partial charge in [0.05, 0.1) is 19.6 Å². The molecule has 0 aromatic carbocycles. The van der Waals surface area contributed by atoms with Gasteiger partial charge in [-0.3, -0.25) is 15.6 Å². The number of halogens is 1. The summed E-state index contributed by atoms with van der Waals surface area (Å²) < 4.78 is 2.37. The van der Waals surface area contributed by atoms with Crippen LogP contribution in [-0.2, 0) is 0 Å². The Hall–Kier alpha value is -0.440. The topological polar surface area (TPSA) is 41.1 Å². The van der Waals surface area contributed by atoms with Crippen LogP contribution in [0.25, 0.3) is 0 Å². The molecule has 0 aliphatic carbocycles. The molecule has 0 rings (SSSR count). The molecule has 27 heavy (non-hydrogen) atoms. The van der Waals surface area contributed by atoms with E-state index in [1.165, 1.54) is 103 Å². The van der Waals surface area contributed by atoms with E-state index in [0.29, 0.717) is 0 Å². The minimum atomic E-state index is 0.